The highest BCUT2D eigenvalue weighted by molar-refractivity contribution is 5.87. The third kappa shape index (κ3) is 4.13. The summed E-state index contributed by atoms with van der Waals surface area (Å²) in [4.78, 5) is 19.9. The number of nitrogens with two attached hydrogens (primary N) is 2. The third-order valence-electron chi connectivity index (χ3n) is 5.97. The van der Waals surface area contributed by atoms with E-state index in [1.165, 1.54) is 21.9 Å². The molecule has 0 saturated carbocycles. The Labute approximate surface area is 192 Å². The summed E-state index contributed by atoms with van der Waals surface area (Å²) in [7, 11) is 0. The average molecular weight is 436 g/mol. The van der Waals surface area contributed by atoms with Gasteiger partial charge in [-0.15, -0.1) is 0 Å². The van der Waals surface area contributed by atoms with Crippen molar-refractivity contribution in [3.8, 4) is 0 Å². The molecule has 0 fully saturated rings. The summed E-state index contributed by atoms with van der Waals surface area (Å²) in [5.74, 6) is 0.959. The number of fused-ring (bicyclic) bond motifs is 2. The second-order valence-electron chi connectivity index (χ2n) is 8.05. The van der Waals surface area contributed by atoms with Crippen LogP contribution in [0, 0.1) is 0 Å². The molecule has 0 aliphatic heterocycles. The third-order valence-corrected chi connectivity index (χ3v) is 5.97. The topological polar surface area (TPSA) is 107 Å². The lowest BCUT2D eigenvalue weighted by molar-refractivity contribution is 0.651. The maximum atomic E-state index is 6.01. The smallest absolute Gasteiger partial charge is 0.227 e. The van der Waals surface area contributed by atoms with Crippen molar-refractivity contribution in [1.82, 2.24) is 19.9 Å². The van der Waals surface area contributed by atoms with Gasteiger partial charge in [0.2, 0.25) is 11.9 Å². The van der Waals surface area contributed by atoms with Gasteiger partial charge in [-0.25, -0.2) is 4.98 Å². The zero-order chi connectivity index (χ0) is 22.8. The van der Waals surface area contributed by atoms with E-state index < -0.39 is 0 Å². The summed E-state index contributed by atoms with van der Waals surface area (Å²) in [6.07, 6.45) is 2.53. The van der Waals surface area contributed by atoms with Gasteiger partial charge in [0, 0.05) is 12.7 Å². The number of aromatic nitrogens is 4. The van der Waals surface area contributed by atoms with Gasteiger partial charge in [0.25, 0.3) is 0 Å². The van der Waals surface area contributed by atoms with Crippen molar-refractivity contribution in [2.75, 3.05) is 22.9 Å². The van der Waals surface area contributed by atoms with Gasteiger partial charge in [-0.05, 0) is 35.2 Å². The number of nitrogens with zero attached hydrogens (tertiary/aromatic N) is 5. The average Bonchev–Trinajstić information content (AvgIpc) is 2.84. The Hall–Kier alpha value is -4.26. The van der Waals surface area contributed by atoms with Crippen LogP contribution in [0.3, 0.4) is 0 Å². The lowest BCUT2D eigenvalue weighted by Crippen LogP contribution is -2.31. The SMILES string of the molecule is CC(c1cccc2ccccc12)N(CCc1ccccc1)c1ncc2c(N)nc(N)nc2n1. The van der Waals surface area contributed by atoms with E-state index in [-0.39, 0.29) is 17.8 Å². The van der Waals surface area contributed by atoms with Gasteiger partial charge in [-0.1, -0.05) is 72.8 Å². The molecule has 2 aromatic heterocycles. The van der Waals surface area contributed by atoms with Gasteiger partial charge in [0.1, 0.15) is 5.82 Å². The first-order chi connectivity index (χ1) is 16.1. The summed E-state index contributed by atoms with van der Waals surface area (Å²) in [6.45, 7) is 2.92. The van der Waals surface area contributed by atoms with E-state index in [4.69, 9.17) is 16.5 Å². The van der Waals surface area contributed by atoms with Crippen molar-refractivity contribution in [2.45, 2.75) is 19.4 Å². The van der Waals surface area contributed by atoms with E-state index in [9.17, 15) is 0 Å². The zero-order valence-corrected chi connectivity index (χ0v) is 18.4. The van der Waals surface area contributed by atoms with Crippen molar-refractivity contribution in [3.05, 3.63) is 90.1 Å². The van der Waals surface area contributed by atoms with Crippen LogP contribution in [-0.2, 0) is 6.42 Å². The predicted octanol–water partition coefficient (Wildman–Crippen LogP) is 4.55. The maximum Gasteiger partial charge on any atom is 0.227 e. The fourth-order valence-electron chi connectivity index (χ4n) is 4.23. The second kappa shape index (κ2) is 8.70. The Bertz CT molecular complexity index is 1410. The lowest BCUT2D eigenvalue weighted by atomic mass is 9.98. The normalized spacial score (nSPS) is 12.2. The molecule has 7 nitrogen and oxygen atoms in total. The van der Waals surface area contributed by atoms with E-state index in [0.717, 1.165) is 13.0 Å². The number of hydrogen-bond donors (Lipinski definition) is 2. The van der Waals surface area contributed by atoms with Crippen LogP contribution in [0.1, 0.15) is 24.1 Å². The standard InChI is InChI=1S/C26H25N7/c1-17(20-13-7-11-19-10-5-6-12-21(19)20)33(15-14-18-8-3-2-4-9-18)26-29-16-22-23(27)30-25(28)31-24(22)32-26/h2-13,16-17H,14-15H2,1H3,(H4,27,28,29,30,31,32). The minimum Gasteiger partial charge on any atom is -0.383 e. The number of rotatable bonds is 6. The Balaban J connectivity index is 1.59. The molecule has 0 amide bonds. The molecule has 2 heterocycles. The molecule has 0 saturated heterocycles. The molecule has 0 bridgehead atoms. The molecule has 1 unspecified atom stereocenters. The van der Waals surface area contributed by atoms with Crippen LogP contribution in [0.5, 0.6) is 0 Å². The highest BCUT2D eigenvalue weighted by Gasteiger charge is 2.21. The van der Waals surface area contributed by atoms with Gasteiger partial charge in [-0.2, -0.15) is 15.0 Å². The van der Waals surface area contributed by atoms with Crippen molar-refractivity contribution in [1.29, 1.82) is 0 Å². The summed E-state index contributed by atoms with van der Waals surface area (Å²) in [6, 6.07) is 25.3. The summed E-state index contributed by atoms with van der Waals surface area (Å²) in [5.41, 5.74) is 14.7. The van der Waals surface area contributed by atoms with Crippen molar-refractivity contribution in [3.63, 3.8) is 0 Å². The highest BCUT2D eigenvalue weighted by atomic mass is 15.3. The first-order valence-corrected chi connectivity index (χ1v) is 10.9. The van der Waals surface area contributed by atoms with E-state index in [1.807, 2.05) is 6.07 Å². The van der Waals surface area contributed by atoms with E-state index in [1.54, 1.807) is 6.20 Å². The van der Waals surface area contributed by atoms with Gasteiger partial charge >= 0.3 is 0 Å². The first-order valence-electron chi connectivity index (χ1n) is 10.9. The number of anilines is 3. The Morgan fingerprint density at radius 1 is 0.818 bits per heavy atom. The fourth-order valence-corrected chi connectivity index (χ4v) is 4.23. The summed E-state index contributed by atoms with van der Waals surface area (Å²) < 4.78 is 0. The molecule has 3 aromatic carbocycles. The molecular weight excluding hydrogens is 410 g/mol. The molecule has 0 aliphatic rings. The maximum absolute atomic E-state index is 6.01. The molecule has 0 spiro atoms. The number of benzene rings is 3. The fraction of sp³-hybridized carbons (Fsp3) is 0.154. The van der Waals surface area contributed by atoms with Crippen LogP contribution in [0.4, 0.5) is 17.7 Å². The predicted molar refractivity (Wildman–Crippen MR) is 134 cm³/mol. The summed E-state index contributed by atoms with van der Waals surface area (Å²) in [5, 5.41) is 3.01. The van der Waals surface area contributed by atoms with Crippen molar-refractivity contribution in [2.24, 2.45) is 0 Å². The highest BCUT2D eigenvalue weighted by Crippen LogP contribution is 2.31. The molecule has 7 heteroatoms. The quantitative estimate of drug-likeness (QED) is 0.403. The van der Waals surface area contributed by atoms with Crippen molar-refractivity contribution >= 4 is 39.5 Å². The molecule has 33 heavy (non-hydrogen) atoms. The molecule has 0 radical (unpaired) electrons. The molecule has 0 aliphatic carbocycles. The molecule has 164 valence electrons. The number of nitrogen functional groups attached to an aromatic ring is 2. The van der Waals surface area contributed by atoms with Crippen LogP contribution in [0.15, 0.2) is 79.0 Å². The Morgan fingerprint density at radius 2 is 1.58 bits per heavy atom. The second-order valence-corrected chi connectivity index (χ2v) is 8.05. The largest absolute Gasteiger partial charge is 0.383 e. The molecule has 5 rings (SSSR count). The minimum absolute atomic E-state index is 0.0220. The Morgan fingerprint density at radius 3 is 2.42 bits per heavy atom. The van der Waals surface area contributed by atoms with E-state index in [0.29, 0.717) is 17.0 Å². The van der Waals surface area contributed by atoms with E-state index in [2.05, 4.69) is 93.5 Å². The van der Waals surface area contributed by atoms with E-state index >= 15 is 0 Å². The molecule has 4 N–H and O–H groups in total. The van der Waals surface area contributed by atoms with Crippen LogP contribution in [-0.4, -0.2) is 26.5 Å². The Kier molecular flexibility index (Phi) is 5.44. The van der Waals surface area contributed by atoms with Crippen LogP contribution < -0.4 is 16.4 Å². The molecule has 5 aromatic rings. The lowest BCUT2D eigenvalue weighted by Gasteiger charge is -2.30. The molecule has 1 atom stereocenters. The van der Waals surface area contributed by atoms with Crippen LogP contribution >= 0.6 is 0 Å². The summed E-state index contributed by atoms with van der Waals surface area (Å²) >= 11 is 0. The van der Waals surface area contributed by atoms with Crippen LogP contribution in [0.2, 0.25) is 0 Å². The van der Waals surface area contributed by atoms with Gasteiger partial charge in [0.05, 0.1) is 11.4 Å². The minimum atomic E-state index is 0.0220. The number of hydrogen-bond acceptors (Lipinski definition) is 7. The zero-order valence-electron chi connectivity index (χ0n) is 18.4. The monoisotopic (exact) mass is 435 g/mol. The van der Waals surface area contributed by atoms with Gasteiger partial charge in [-0.3, -0.25) is 0 Å². The molecular formula is C26H25N7. The first kappa shape index (κ1) is 20.6. The van der Waals surface area contributed by atoms with Gasteiger partial charge in [0.15, 0.2) is 5.65 Å². The van der Waals surface area contributed by atoms with Gasteiger partial charge < -0.3 is 16.4 Å². The van der Waals surface area contributed by atoms with Crippen LogP contribution in [0.25, 0.3) is 21.8 Å². The van der Waals surface area contributed by atoms with Crippen molar-refractivity contribution < 1.29 is 0 Å².